The Morgan fingerprint density at radius 1 is 0.946 bits per heavy atom. The number of hydrogen-bond donors (Lipinski definition) is 1. The molecule has 3 rings (SSSR count). The first kappa shape index (κ1) is 27.6. The lowest BCUT2D eigenvalue weighted by Crippen LogP contribution is -2.57. The summed E-state index contributed by atoms with van der Waals surface area (Å²) in [6.45, 7) is -1.48. The molecule has 1 N–H and O–H groups in total. The predicted octanol–water partition coefficient (Wildman–Crippen LogP) is 4.07. The molecule has 1 aromatic heterocycles. The van der Waals surface area contributed by atoms with Crippen LogP contribution in [-0.4, -0.2) is 47.2 Å². The Labute approximate surface area is 203 Å². The van der Waals surface area contributed by atoms with Crippen molar-refractivity contribution in [2.24, 2.45) is 12.0 Å². The first-order chi connectivity index (χ1) is 17.1. The quantitative estimate of drug-likeness (QED) is 0.501. The number of nitrogens with zero attached hydrogens (tertiary/aromatic N) is 2. The Hall–Kier alpha value is -3.97. The van der Waals surface area contributed by atoms with Gasteiger partial charge in [-0.1, -0.05) is 42.5 Å². The molecule has 3 aromatic rings. The van der Waals surface area contributed by atoms with Crippen LogP contribution < -0.4 is 16.2 Å². The summed E-state index contributed by atoms with van der Waals surface area (Å²) >= 11 is 0. The average molecular weight is 533 g/mol. The second kappa shape index (κ2) is 9.82. The molecule has 2 amide bonds. The fourth-order valence-corrected chi connectivity index (χ4v) is 3.37. The lowest BCUT2D eigenvalue weighted by atomic mass is 10.1. The van der Waals surface area contributed by atoms with Crippen LogP contribution >= 0.6 is 0 Å². The van der Waals surface area contributed by atoms with Gasteiger partial charge < -0.3 is 14.6 Å². The molecule has 0 unspecified atom stereocenters. The van der Waals surface area contributed by atoms with Gasteiger partial charge in [0.15, 0.2) is 6.10 Å². The summed E-state index contributed by atoms with van der Waals surface area (Å²) in [5.74, 6) is -13.4. The molecule has 2 aromatic carbocycles. The highest BCUT2D eigenvalue weighted by molar-refractivity contribution is 6.04. The van der Waals surface area contributed by atoms with Crippen LogP contribution in [0.4, 0.5) is 35.5 Å². The lowest BCUT2D eigenvalue weighted by Gasteiger charge is -2.28. The van der Waals surface area contributed by atoms with Gasteiger partial charge in [-0.05, 0) is 18.4 Å². The van der Waals surface area contributed by atoms with Gasteiger partial charge in [0, 0.05) is 17.8 Å². The van der Waals surface area contributed by atoms with Gasteiger partial charge in [-0.25, -0.2) is 9.79 Å². The number of alkyl halides is 7. The highest BCUT2D eigenvalue weighted by Crippen LogP contribution is 2.46. The predicted molar refractivity (Wildman–Crippen MR) is 117 cm³/mol. The molecular weight excluding hydrogens is 515 g/mol. The summed E-state index contributed by atoms with van der Waals surface area (Å²) in [5.41, 5.74) is -0.186. The highest BCUT2D eigenvalue weighted by atomic mass is 19.4. The third-order valence-corrected chi connectivity index (χ3v) is 5.37. The van der Waals surface area contributed by atoms with Gasteiger partial charge in [0.05, 0.1) is 12.1 Å². The van der Waals surface area contributed by atoms with Gasteiger partial charge in [0.25, 0.3) is 11.5 Å². The number of halogens is 7. The molecule has 14 heteroatoms. The zero-order valence-electron chi connectivity index (χ0n) is 19.1. The first-order valence-corrected chi connectivity index (χ1v) is 10.4. The van der Waals surface area contributed by atoms with E-state index >= 15 is 0 Å². The van der Waals surface area contributed by atoms with Gasteiger partial charge in [0.1, 0.15) is 5.36 Å². The molecule has 1 heterocycles. The fraction of sp³-hybridized carbons (Fsp3) is 0.304. The van der Waals surface area contributed by atoms with E-state index in [0.717, 1.165) is 12.2 Å². The molecule has 0 aliphatic rings. The Bertz CT molecular complexity index is 1500. The van der Waals surface area contributed by atoms with Gasteiger partial charge in [-0.2, -0.15) is 30.7 Å². The van der Waals surface area contributed by atoms with E-state index in [0.29, 0.717) is 16.3 Å². The van der Waals surface area contributed by atoms with E-state index < -0.39 is 48.2 Å². The summed E-state index contributed by atoms with van der Waals surface area (Å²) < 4.78 is 95.0. The number of fused-ring (bicyclic) bond motifs is 3. The van der Waals surface area contributed by atoms with Crippen molar-refractivity contribution in [1.29, 1.82) is 0 Å². The van der Waals surface area contributed by atoms with Crippen LogP contribution in [0.2, 0.25) is 0 Å². The van der Waals surface area contributed by atoms with Crippen molar-refractivity contribution in [1.82, 2.24) is 9.88 Å². The van der Waals surface area contributed by atoms with Crippen LogP contribution in [0.25, 0.3) is 21.7 Å². The molecule has 0 radical (unpaired) electrons. The van der Waals surface area contributed by atoms with E-state index in [1.165, 1.54) is 17.7 Å². The van der Waals surface area contributed by atoms with E-state index in [4.69, 9.17) is 0 Å². The third-order valence-electron chi connectivity index (χ3n) is 5.37. The number of aromatic nitrogens is 1. The van der Waals surface area contributed by atoms with Crippen LogP contribution in [0.15, 0.2) is 58.3 Å². The Morgan fingerprint density at radius 3 is 2.08 bits per heavy atom. The minimum Gasteiger partial charge on any atom is -0.436 e. The molecule has 0 spiro atoms. The van der Waals surface area contributed by atoms with E-state index in [1.807, 2.05) is 0 Å². The summed E-state index contributed by atoms with van der Waals surface area (Å²) in [5, 5.41) is 2.23. The van der Waals surface area contributed by atoms with Crippen LogP contribution in [0.5, 0.6) is 0 Å². The molecule has 0 bridgehead atoms. The number of hydrogen-bond acceptors (Lipinski definition) is 4. The Balaban J connectivity index is 1.91. The molecule has 0 aliphatic heterocycles. The molecule has 7 nitrogen and oxygen atoms in total. The van der Waals surface area contributed by atoms with E-state index in [1.54, 1.807) is 42.5 Å². The number of para-hydroxylation sites is 1. The monoisotopic (exact) mass is 533 g/mol. The second-order valence-corrected chi connectivity index (χ2v) is 7.90. The van der Waals surface area contributed by atoms with Crippen molar-refractivity contribution in [2.75, 3.05) is 6.54 Å². The fourth-order valence-electron chi connectivity index (χ4n) is 3.37. The molecule has 37 heavy (non-hydrogen) atoms. The van der Waals surface area contributed by atoms with Crippen molar-refractivity contribution in [2.45, 2.75) is 31.0 Å². The van der Waals surface area contributed by atoms with E-state index in [-0.39, 0.29) is 10.7 Å². The number of benzene rings is 2. The first-order valence-electron chi connectivity index (χ1n) is 10.4. The van der Waals surface area contributed by atoms with Crippen molar-refractivity contribution >= 4 is 33.7 Å². The van der Waals surface area contributed by atoms with Crippen molar-refractivity contribution in [3.05, 3.63) is 64.2 Å². The summed E-state index contributed by atoms with van der Waals surface area (Å²) in [6, 6.07) is 13.3. The molecule has 198 valence electrons. The summed E-state index contributed by atoms with van der Waals surface area (Å²) in [6.07, 6.45) is -10.3. The van der Waals surface area contributed by atoms with Crippen LogP contribution in [0, 0.1) is 0 Å². The number of alkyl carbamates (subject to hydrolysis) is 1. The molecule has 0 saturated heterocycles. The number of amides is 2. The van der Waals surface area contributed by atoms with Crippen LogP contribution in [-0.2, 0) is 16.6 Å². The number of carbonyl (C=O) groups is 2. The number of ether oxygens (including phenoxy) is 1. The molecule has 0 saturated carbocycles. The van der Waals surface area contributed by atoms with Gasteiger partial charge in [-0.15, -0.1) is 0 Å². The topological polar surface area (TPSA) is 89.8 Å². The molecule has 0 fully saturated rings. The number of rotatable bonds is 5. The highest BCUT2D eigenvalue weighted by Gasteiger charge is 2.72. The van der Waals surface area contributed by atoms with Crippen LogP contribution in [0.1, 0.15) is 6.92 Å². The standard InChI is InChI=1S/C23H18F7N3O4/c1-12(37-20(36)31-11-21(24,25)22(26,27)23(28,29)30)18(34)32-17-15-9-4-3-7-13(15)14-8-5-6-10-16(14)33(2)19(17)35/h3-10,12H,11H2,1-2H3,(H,31,36)/t12-/m0/s1. The maximum atomic E-state index is 13.4. The largest absolute Gasteiger partial charge is 0.459 e. The third kappa shape index (κ3) is 5.27. The smallest absolute Gasteiger partial charge is 0.436 e. The lowest BCUT2D eigenvalue weighted by molar-refractivity contribution is -0.352. The maximum absolute atomic E-state index is 13.4. The molecule has 1 atom stereocenters. The van der Waals surface area contributed by atoms with E-state index in [2.05, 4.69) is 9.73 Å². The van der Waals surface area contributed by atoms with Gasteiger partial charge in [0.2, 0.25) is 0 Å². The zero-order chi connectivity index (χ0) is 27.8. The SMILES string of the molecule is C[C@H](OC(=O)NCC(F)(F)C(F)(F)C(F)(F)F)C(=O)N=c1c(=O)n(C)c2ccccc2c2ccccc12. The Morgan fingerprint density at radius 2 is 1.49 bits per heavy atom. The van der Waals surface area contributed by atoms with Gasteiger partial charge in [-0.3, -0.25) is 9.59 Å². The second-order valence-electron chi connectivity index (χ2n) is 7.90. The van der Waals surface area contributed by atoms with Crippen molar-refractivity contribution < 1.29 is 45.1 Å². The molecular formula is C23H18F7N3O4. The normalized spacial score (nSPS) is 14.0. The number of carbonyl (C=O) groups excluding carboxylic acids is 2. The average Bonchev–Trinajstić information content (AvgIpc) is 2.92. The van der Waals surface area contributed by atoms with E-state index in [9.17, 15) is 45.1 Å². The minimum atomic E-state index is -6.57. The molecule has 0 aliphatic carbocycles. The Kier molecular flexibility index (Phi) is 7.33. The van der Waals surface area contributed by atoms with Gasteiger partial charge >= 0.3 is 24.1 Å². The number of nitrogens with one attached hydrogen (secondary N) is 1. The summed E-state index contributed by atoms with van der Waals surface area (Å²) in [4.78, 5) is 41.2. The number of aryl methyl sites for hydroxylation is 1. The minimum absolute atomic E-state index is 0.267. The zero-order valence-corrected chi connectivity index (χ0v) is 19.1. The summed E-state index contributed by atoms with van der Waals surface area (Å²) in [7, 11) is 1.44. The van der Waals surface area contributed by atoms with Crippen molar-refractivity contribution in [3.8, 4) is 0 Å². The maximum Gasteiger partial charge on any atom is 0.459 e. The van der Waals surface area contributed by atoms with Crippen LogP contribution in [0.3, 0.4) is 0 Å². The van der Waals surface area contributed by atoms with Crippen molar-refractivity contribution in [3.63, 3.8) is 0 Å².